The van der Waals surface area contributed by atoms with Gasteiger partial charge < -0.3 is 10.6 Å². The van der Waals surface area contributed by atoms with Crippen molar-refractivity contribution >= 4 is 23.1 Å². The Morgan fingerprint density at radius 3 is 2.89 bits per heavy atom. The topological polar surface area (TPSA) is 59.2 Å². The molecule has 2 aromatic rings. The minimum Gasteiger partial charge on any atom is -0.384 e. The van der Waals surface area contributed by atoms with E-state index in [4.69, 9.17) is 5.73 Å². The van der Waals surface area contributed by atoms with Crippen LogP contribution in [0.1, 0.15) is 28.2 Å². The van der Waals surface area contributed by atoms with E-state index in [-0.39, 0.29) is 11.9 Å². The van der Waals surface area contributed by atoms with E-state index in [0.717, 1.165) is 4.88 Å². The molecule has 0 fully saturated rings. The zero-order chi connectivity index (χ0) is 13.1. The fourth-order valence-corrected chi connectivity index (χ4v) is 2.51. The minimum atomic E-state index is -0.0509. The maximum Gasteiger partial charge on any atom is 0.254 e. The van der Waals surface area contributed by atoms with Crippen molar-refractivity contribution in [1.29, 1.82) is 0 Å². The third kappa shape index (κ3) is 2.51. The lowest BCUT2D eigenvalue weighted by Gasteiger charge is -2.24. The first-order valence-electron chi connectivity index (χ1n) is 5.61. The fraction of sp³-hybridized carbons (Fsp3) is 0.231. The summed E-state index contributed by atoms with van der Waals surface area (Å²) < 4.78 is 0. The van der Waals surface area contributed by atoms with Crippen LogP contribution in [-0.2, 0) is 0 Å². The van der Waals surface area contributed by atoms with Crippen molar-refractivity contribution in [3.63, 3.8) is 0 Å². The van der Waals surface area contributed by atoms with Crippen molar-refractivity contribution in [1.82, 2.24) is 9.88 Å². The summed E-state index contributed by atoms with van der Waals surface area (Å²) in [5, 5.41) is 2.01. The number of nitrogen functional groups attached to an aromatic ring is 1. The highest BCUT2D eigenvalue weighted by atomic mass is 32.1. The number of thiophene rings is 1. The number of amides is 1. The molecule has 0 spiro atoms. The Balaban J connectivity index is 2.19. The number of carbonyl (C=O) groups is 1. The van der Waals surface area contributed by atoms with E-state index < -0.39 is 0 Å². The molecule has 2 heterocycles. The molecular weight excluding hydrogens is 246 g/mol. The van der Waals surface area contributed by atoms with Gasteiger partial charge in [0.2, 0.25) is 0 Å². The van der Waals surface area contributed by atoms with Crippen molar-refractivity contribution in [3.05, 3.63) is 46.3 Å². The van der Waals surface area contributed by atoms with Crippen LogP contribution in [0.15, 0.2) is 35.8 Å². The number of hydrogen-bond acceptors (Lipinski definition) is 4. The van der Waals surface area contributed by atoms with Gasteiger partial charge in [0.05, 0.1) is 6.04 Å². The standard InChI is InChI=1S/C13H15N3OS/c1-9(11-4-3-7-18-11)16(2)13(17)10-5-6-15-12(14)8-10/h3-9H,1-2H3,(H2,14,15). The average Bonchev–Trinajstić information content (AvgIpc) is 2.90. The van der Waals surface area contributed by atoms with E-state index >= 15 is 0 Å². The summed E-state index contributed by atoms with van der Waals surface area (Å²) in [4.78, 5) is 19.0. The summed E-state index contributed by atoms with van der Waals surface area (Å²) in [5.74, 6) is 0.308. The summed E-state index contributed by atoms with van der Waals surface area (Å²) in [5.41, 5.74) is 6.15. The summed E-state index contributed by atoms with van der Waals surface area (Å²) in [6.07, 6.45) is 1.55. The lowest BCUT2D eigenvalue weighted by Crippen LogP contribution is -2.29. The smallest absolute Gasteiger partial charge is 0.254 e. The Bertz CT molecular complexity index is 539. The maximum atomic E-state index is 12.3. The van der Waals surface area contributed by atoms with Crippen LogP contribution in [-0.4, -0.2) is 22.8 Å². The highest BCUT2D eigenvalue weighted by Gasteiger charge is 2.19. The first-order valence-corrected chi connectivity index (χ1v) is 6.49. The van der Waals surface area contributed by atoms with Gasteiger partial charge in [0.1, 0.15) is 5.82 Å². The highest BCUT2D eigenvalue weighted by Crippen LogP contribution is 2.24. The van der Waals surface area contributed by atoms with Gasteiger partial charge in [-0.25, -0.2) is 4.98 Å². The van der Waals surface area contributed by atoms with Crippen LogP contribution in [0.4, 0.5) is 5.82 Å². The monoisotopic (exact) mass is 261 g/mol. The van der Waals surface area contributed by atoms with Crippen LogP contribution in [0.2, 0.25) is 0 Å². The summed E-state index contributed by atoms with van der Waals surface area (Å²) in [6, 6.07) is 7.34. The van der Waals surface area contributed by atoms with Crippen LogP contribution in [0, 0.1) is 0 Å². The molecule has 0 aliphatic heterocycles. The maximum absolute atomic E-state index is 12.3. The second-order valence-electron chi connectivity index (χ2n) is 4.08. The number of rotatable bonds is 3. The Hall–Kier alpha value is -1.88. The Kier molecular flexibility index (Phi) is 3.62. The van der Waals surface area contributed by atoms with Gasteiger partial charge in [-0.15, -0.1) is 11.3 Å². The Morgan fingerprint density at radius 1 is 1.50 bits per heavy atom. The molecule has 1 amide bonds. The molecule has 0 saturated carbocycles. The molecule has 0 aromatic carbocycles. The number of hydrogen-bond donors (Lipinski definition) is 1. The van der Waals surface area contributed by atoms with E-state index in [2.05, 4.69) is 4.98 Å². The van der Waals surface area contributed by atoms with Gasteiger partial charge in [-0.1, -0.05) is 6.07 Å². The molecule has 94 valence electrons. The lowest BCUT2D eigenvalue weighted by molar-refractivity contribution is 0.0745. The SMILES string of the molecule is CC(c1cccs1)N(C)C(=O)c1ccnc(N)c1. The predicted octanol–water partition coefficient (Wildman–Crippen LogP) is 2.56. The van der Waals surface area contributed by atoms with Gasteiger partial charge in [0, 0.05) is 23.7 Å². The van der Waals surface area contributed by atoms with Crippen LogP contribution in [0.3, 0.4) is 0 Å². The lowest BCUT2D eigenvalue weighted by atomic mass is 10.2. The van der Waals surface area contributed by atoms with Gasteiger partial charge in [-0.2, -0.15) is 0 Å². The molecule has 2 rings (SSSR count). The normalized spacial score (nSPS) is 12.1. The van der Waals surface area contributed by atoms with E-state index in [1.54, 1.807) is 41.6 Å². The summed E-state index contributed by atoms with van der Waals surface area (Å²) in [6.45, 7) is 2.01. The summed E-state index contributed by atoms with van der Waals surface area (Å²) >= 11 is 1.64. The largest absolute Gasteiger partial charge is 0.384 e. The van der Waals surface area contributed by atoms with Gasteiger partial charge in [-0.3, -0.25) is 4.79 Å². The molecular formula is C13H15N3OS. The van der Waals surface area contributed by atoms with Gasteiger partial charge in [0.15, 0.2) is 0 Å². The molecule has 2 aromatic heterocycles. The zero-order valence-electron chi connectivity index (χ0n) is 10.3. The first-order chi connectivity index (χ1) is 8.59. The second-order valence-corrected chi connectivity index (χ2v) is 5.06. The Morgan fingerprint density at radius 2 is 2.28 bits per heavy atom. The van der Waals surface area contributed by atoms with Gasteiger partial charge in [-0.05, 0) is 30.5 Å². The molecule has 0 aliphatic rings. The molecule has 0 aliphatic carbocycles. The van der Waals surface area contributed by atoms with Crippen molar-refractivity contribution in [2.45, 2.75) is 13.0 Å². The second kappa shape index (κ2) is 5.18. The molecule has 0 saturated heterocycles. The first kappa shape index (κ1) is 12.6. The highest BCUT2D eigenvalue weighted by molar-refractivity contribution is 7.10. The molecule has 5 heteroatoms. The van der Waals surface area contributed by atoms with Crippen LogP contribution in [0.5, 0.6) is 0 Å². The zero-order valence-corrected chi connectivity index (χ0v) is 11.1. The molecule has 4 nitrogen and oxygen atoms in total. The number of aromatic nitrogens is 1. The van der Waals surface area contributed by atoms with Crippen molar-refractivity contribution in [2.75, 3.05) is 12.8 Å². The third-order valence-electron chi connectivity index (χ3n) is 2.88. The molecule has 18 heavy (non-hydrogen) atoms. The third-order valence-corrected chi connectivity index (χ3v) is 3.93. The Labute approximate surface area is 110 Å². The van der Waals surface area contributed by atoms with Crippen LogP contribution in [0.25, 0.3) is 0 Å². The number of nitrogens with two attached hydrogens (primary N) is 1. The van der Waals surface area contributed by atoms with Gasteiger partial charge >= 0.3 is 0 Å². The van der Waals surface area contributed by atoms with E-state index in [9.17, 15) is 4.79 Å². The predicted molar refractivity (Wildman–Crippen MR) is 73.5 cm³/mol. The quantitative estimate of drug-likeness (QED) is 0.923. The van der Waals surface area contributed by atoms with Crippen molar-refractivity contribution in [3.8, 4) is 0 Å². The fourth-order valence-electron chi connectivity index (χ4n) is 1.68. The van der Waals surface area contributed by atoms with Crippen molar-refractivity contribution < 1.29 is 4.79 Å². The van der Waals surface area contributed by atoms with Crippen molar-refractivity contribution in [2.24, 2.45) is 0 Å². The summed E-state index contributed by atoms with van der Waals surface area (Å²) in [7, 11) is 1.79. The average molecular weight is 261 g/mol. The van der Waals surface area contributed by atoms with Gasteiger partial charge in [0.25, 0.3) is 5.91 Å². The molecule has 1 unspecified atom stereocenters. The van der Waals surface area contributed by atoms with E-state index in [1.807, 2.05) is 24.4 Å². The molecule has 0 bridgehead atoms. The molecule has 1 atom stereocenters. The number of nitrogens with zero attached hydrogens (tertiary/aromatic N) is 2. The minimum absolute atomic E-state index is 0.0480. The van der Waals surface area contributed by atoms with E-state index in [0.29, 0.717) is 11.4 Å². The van der Waals surface area contributed by atoms with E-state index in [1.165, 1.54) is 0 Å². The number of anilines is 1. The molecule has 0 radical (unpaired) electrons. The molecule has 2 N–H and O–H groups in total. The number of pyridine rings is 1. The van der Waals surface area contributed by atoms with Crippen LogP contribution >= 0.6 is 11.3 Å². The van der Waals surface area contributed by atoms with Crippen LogP contribution < -0.4 is 5.73 Å². The number of carbonyl (C=O) groups excluding carboxylic acids is 1.